The normalized spacial score (nSPS) is 17.7. The summed E-state index contributed by atoms with van der Waals surface area (Å²) >= 11 is 1.71. The highest BCUT2D eigenvalue weighted by molar-refractivity contribution is 7.10. The van der Waals surface area contributed by atoms with E-state index in [0.717, 1.165) is 19.6 Å². The van der Waals surface area contributed by atoms with Crippen LogP contribution in [0.1, 0.15) is 29.3 Å². The van der Waals surface area contributed by atoms with Gasteiger partial charge >= 0.3 is 0 Å². The molecule has 3 nitrogen and oxygen atoms in total. The van der Waals surface area contributed by atoms with Gasteiger partial charge in [-0.3, -0.25) is 4.90 Å². The Hall–Kier alpha value is -1.39. The molecule has 0 unspecified atom stereocenters. The zero-order chi connectivity index (χ0) is 13.1. The average molecular weight is 273 g/mol. The zero-order valence-corrected chi connectivity index (χ0v) is 11.8. The molecule has 2 N–H and O–H groups in total. The second-order valence-electron chi connectivity index (χ2n) is 5.15. The molecule has 4 heteroatoms. The highest BCUT2D eigenvalue weighted by Crippen LogP contribution is 2.31. The fraction of sp³-hybridized carbons (Fsp3) is 0.400. The second kappa shape index (κ2) is 5.72. The van der Waals surface area contributed by atoms with Crippen LogP contribution in [-0.4, -0.2) is 23.0 Å². The summed E-state index contributed by atoms with van der Waals surface area (Å²) in [5.41, 5.74) is 7.11. The van der Waals surface area contributed by atoms with Gasteiger partial charge in [-0.05, 0) is 31.5 Å². The standard InChI is InChI=1S/C15H19N3S/c16-14-11-19-15(17-14)13-6-8-18(9-7-13)10-12-4-2-1-3-5-12/h1-5,11,13H,6-10,16H2. The molecule has 2 heterocycles. The molecule has 1 fully saturated rings. The Kier molecular flexibility index (Phi) is 3.80. The summed E-state index contributed by atoms with van der Waals surface area (Å²) in [6, 6.07) is 10.7. The summed E-state index contributed by atoms with van der Waals surface area (Å²) in [6.45, 7) is 3.37. The van der Waals surface area contributed by atoms with Crippen LogP contribution in [0.4, 0.5) is 5.82 Å². The summed E-state index contributed by atoms with van der Waals surface area (Å²) in [6.07, 6.45) is 2.39. The minimum absolute atomic E-state index is 0.606. The molecule has 0 bridgehead atoms. The predicted octanol–water partition coefficient (Wildman–Crippen LogP) is 3.10. The van der Waals surface area contributed by atoms with Crippen LogP contribution in [0.5, 0.6) is 0 Å². The molecule has 0 aliphatic carbocycles. The van der Waals surface area contributed by atoms with E-state index >= 15 is 0 Å². The molecule has 2 aromatic rings. The van der Waals surface area contributed by atoms with Gasteiger partial charge in [-0.25, -0.2) is 4.98 Å². The van der Waals surface area contributed by atoms with E-state index in [2.05, 4.69) is 40.2 Å². The maximum Gasteiger partial charge on any atom is 0.134 e. The SMILES string of the molecule is Nc1csc(C2CCN(Cc3ccccc3)CC2)n1. The molecule has 1 aromatic heterocycles. The van der Waals surface area contributed by atoms with Crippen molar-refractivity contribution in [3.63, 3.8) is 0 Å². The molecule has 0 saturated carbocycles. The van der Waals surface area contributed by atoms with Crippen molar-refractivity contribution in [2.24, 2.45) is 0 Å². The van der Waals surface area contributed by atoms with Gasteiger partial charge in [0.15, 0.2) is 0 Å². The number of nitrogens with two attached hydrogens (primary N) is 1. The highest BCUT2D eigenvalue weighted by atomic mass is 32.1. The Labute approximate surface area is 118 Å². The molecule has 1 aliphatic heterocycles. The first-order chi connectivity index (χ1) is 9.31. The van der Waals surface area contributed by atoms with Crippen molar-refractivity contribution in [3.05, 3.63) is 46.3 Å². The van der Waals surface area contributed by atoms with Crippen molar-refractivity contribution in [1.29, 1.82) is 0 Å². The number of benzene rings is 1. The minimum atomic E-state index is 0.606. The lowest BCUT2D eigenvalue weighted by molar-refractivity contribution is 0.204. The van der Waals surface area contributed by atoms with E-state index in [4.69, 9.17) is 5.73 Å². The zero-order valence-electron chi connectivity index (χ0n) is 11.0. The molecule has 19 heavy (non-hydrogen) atoms. The van der Waals surface area contributed by atoms with Crippen LogP contribution in [0.3, 0.4) is 0 Å². The van der Waals surface area contributed by atoms with Gasteiger partial charge in [0, 0.05) is 17.8 Å². The van der Waals surface area contributed by atoms with Gasteiger partial charge in [-0.15, -0.1) is 11.3 Å². The van der Waals surface area contributed by atoms with E-state index < -0.39 is 0 Å². The molecule has 0 atom stereocenters. The van der Waals surface area contributed by atoms with Crippen molar-refractivity contribution in [3.8, 4) is 0 Å². The largest absolute Gasteiger partial charge is 0.383 e. The van der Waals surface area contributed by atoms with E-state index in [-0.39, 0.29) is 0 Å². The summed E-state index contributed by atoms with van der Waals surface area (Å²) in [4.78, 5) is 6.95. The van der Waals surface area contributed by atoms with Gasteiger partial charge in [0.1, 0.15) is 5.82 Å². The van der Waals surface area contributed by atoms with E-state index in [1.807, 2.05) is 5.38 Å². The molecule has 1 aliphatic rings. The van der Waals surface area contributed by atoms with Crippen LogP contribution in [0.2, 0.25) is 0 Å². The summed E-state index contributed by atoms with van der Waals surface area (Å²) in [5.74, 6) is 1.28. The molecule has 0 radical (unpaired) electrons. The maximum absolute atomic E-state index is 5.70. The predicted molar refractivity (Wildman–Crippen MR) is 80.2 cm³/mol. The van der Waals surface area contributed by atoms with Crippen molar-refractivity contribution in [2.75, 3.05) is 18.8 Å². The van der Waals surface area contributed by atoms with E-state index in [9.17, 15) is 0 Å². The summed E-state index contributed by atoms with van der Waals surface area (Å²) in [7, 11) is 0. The number of likely N-dealkylation sites (tertiary alicyclic amines) is 1. The molecule has 0 spiro atoms. The van der Waals surface area contributed by atoms with Crippen LogP contribution in [0.15, 0.2) is 35.7 Å². The highest BCUT2D eigenvalue weighted by Gasteiger charge is 2.22. The first-order valence-electron chi connectivity index (χ1n) is 6.78. The summed E-state index contributed by atoms with van der Waals surface area (Å²) < 4.78 is 0. The van der Waals surface area contributed by atoms with Gasteiger partial charge in [-0.2, -0.15) is 0 Å². The number of nitrogen functional groups attached to an aromatic ring is 1. The van der Waals surface area contributed by atoms with Crippen molar-refractivity contribution < 1.29 is 0 Å². The number of nitrogens with zero attached hydrogens (tertiary/aromatic N) is 2. The number of aromatic nitrogens is 1. The van der Waals surface area contributed by atoms with Crippen molar-refractivity contribution >= 4 is 17.2 Å². The third kappa shape index (κ3) is 3.14. The van der Waals surface area contributed by atoms with Gasteiger partial charge < -0.3 is 5.73 Å². The van der Waals surface area contributed by atoms with Crippen LogP contribution >= 0.6 is 11.3 Å². The summed E-state index contributed by atoms with van der Waals surface area (Å²) in [5, 5.41) is 3.17. The lowest BCUT2D eigenvalue weighted by Gasteiger charge is -2.31. The Balaban J connectivity index is 1.55. The fourth-order valence-electron chi connectivity index (χ4n) is 2.67. The Morgan fingerprint density at radius 2 is 1.95 bits per heavy atom. The van der Waals surface area contributed by atoms with E-state index in [1.165, 1.54) is 23.4 Å². The van der Waals surface area contributed by atoms with Crippen LogP contribution in [-0.2, 0) is 6.54 Å². The van der Waals surface area contributed by atoms with Gasteiger partial charge in [-0.1, -0.05) is 30.3 Å². The number of rotatable bonds is 3. The first kappa shape index (κ1) is 12.6. The number of thiazole rings is 1. The molecule has 3 rings (SSSR count). The van der Waals surface area contributed by atoms with Gasteiger partial charge in [0.25, 0.3) is 0 Å². The van der Waals surface area contributed by atoms with Gasteiger partial charge in [0.2, 0.25) is 0 Å². The third-order valence-corrected chi connectivity index (χ3v) is 4.75. The average Bonchev–Trinajstić information content (AvgIpc) is 2.87. The number of piperidine rings is 1. The Morgan fingerprint density at radius 1 is 1.21 bits per heavy atom. The Morgan fingerprint density at radius 3 is 2.58 bits per heavy atom. The fourth-order valence-corrected chi connectivity index (χ4v) is 3.55. The maximum atomic E-state index is 5.70. The van der Waals surface area contributed by atoms with Crippen LogP contribution < -0.4 is 5.73 Å². The number of hydrogen-bond acceptors (Lipinski definition) is 4. The van der Waals surface area contributed by atoms with E-state index in [0.29, 0.717) is 11.7 Å². The first-order valence-corrected chi connectivity index (χ1v) is 7.66. The number of anilines is 1. The third-order valence-electron chi connectivity index (χ3n) is 3.73. The van der Waals surface area contributed by atoms with Crippen molar-refractivity contribution in [1.82, 2.24) is 9.88 Å². The lowest BCUT2D eigenvalue weighted by Crippen LogP contribution is -2.32. The van der Waals surface area contributed by atoms with Crippen molar-refractivity contribution in [2.45, 2.75) is 25.3 Å². The van der Waals surface area contributed by atoms with Gasteiger partial charge in [0.05, 0.1) is 5.01 Å². The lowest BCUT2D eigenvalue weighted by atomic mass is 9.97. The van der Waals surface area contributed by atoms with E-state index in [1.54, 1.807) is 11.3 Å². The monoisotopic (exact) mass is 273 g/mol. The second-order valence-corrected chi connectivity index (χ2v) is 6.04. The molecular formula is C15H19N3S. The topological polar surface area (TPSA) is 42.1 Å². The smallest absolute Gasteiger partial charge is 0.134 e. The van der Waals surface area contributed by atoms with Crippen LogP contribution in [0.25, 0.3) is 0 Å². The molecule has 0 amide bonds. The molecule has 1 aromatic carbocycles. The number of hydrogen-bond donors (Lipinski definition) is 1. The molecule has 1 saturated heterocycles. The Bertz CT molecular complexity index is 515. The minimum Gasteiger partial charge on any atom is -0.383 e. The molecule has 100 valence electrons. The quantitative estimate of drug-likeness (QED) is 0.934. The van der Waals surface area contributed by atoms with Crippen LogP contribution in [0, 0.1) is 0 Å². The molecular weight excluding hydrogens is 254 g/mol.